The minimum absolute atomic E-state index is 0. The van der Waals surface area contributed by atoms with Crippen LogP contribution in [0.15, 0.2) is 48.5 Å². The summed E-state index contributed by atoms with van der Waals surface area (Å²) in [4.78, 5) is 0. The van der Waals surface area contributed by atoms with Crippen molar-refractivity contribution in [3.05, 3.63) is 60.2 Å². The Hall–Kier alpha value is -2.46. The summed E-state index contributed by atoms with van der Waals surface area (Å²) < 4.78 is 16.3. The molecule has 0 radical (unpaired) electrons. The Morgan fingerprint density at radius 2 is 1.35 bits per heavy atom. The van der Waals surface area contributed by atoms with Crippen molar-refractivity contribution in [3.8, 4) is 11.1 Å². The van der Waals surface area contributed by atoms with Crippen LogP contribution >= 0.6 is 0 Å². The fourth-order valence-electron chi connectivity index (χ4n) is 2.51. The molecule has 23 heavy (non-hydrogen) atoms. The Labute approximate surface area is 134 Å². The summed E-state index contributed by atoms with van der Waals surface area (Å²) in [6, 6.07) is 20.6. The van der Waals surface area contributed by atoms with Crippen LogP contribution in [-0.4, -0.2) is 30.1 Å². The summed E-state index contributed by atoms with van der Waals surface area (Å²) in [5.74, 6) is 0. The zero-order chi connectivity index (χ0) is 15.8. The van der Waals surface area contributed by atoms with E-state index in [0.717, 1.165) is 18.9 Å². The Morgan fingerprint density at radius 3 is 1.87 bits per heavy atom. The first-order valence-electron chi connectivity index (χ1n) is 7.44. The number of hydrogen-bond acceptors (Lipinski definition) is 3. The number of benzene rings is 2. The molecule has 2 rings (SSSR count). The standard InChI is InChI=1S/C18H23O3Si.Rf/c1-19-22(20-2,21-3)15-7-8-16-11-13-18(14-12-16)17-9-5-4-6-10-17;/h5-6,9-14H,7-8,15H2,1-3H3;/q-1;. The van der Waals surface area contributed by atoms with E-state index in [4.69, 9.17) is 13.3 Å². The van der Waals surface area contributed by atoms with Crippen molar-refractivity contribution in [1.82, 2.24) is 0 Å². The van der Waals surface area contributed by atoms with Crippen LogP contribution in [0.3, 0.4) is 0 Å². The van der Waals surface area contributed by atoms with Crippen LogP contribution in [0.4, 0.5) is 0 Å². The van der Waals surface area contributed by atoms with E-state index in [1.807, 2.05) is 12.1 Å². The second-order valence-electron chi connectivity index (χ2n) is 5.13. The molecule has 120 valence electrons. The molecule has 0 fully saturated rings. The van der Waals surface area contributed by atoms with Gasteiger partial charge in [-0.25, -0.2) is 0 Å². The third-order valence-electron chi connectivity index (χ3n) is 3.89. The van der Waals surface area contributed by atoms with Crippen molar-refractivity contribution < 1.29 is 13.3 Å². The molecule has 0 aliphatic heterocycles. The van der Waals surface area contributed by atoms with Crippen LogP contribution in [-0.2, 0) is 19.7 Å². The van der Waals surface area contributed by atoms with Crippen molar-refractivity contribution in [3.63, 3.8) is 0 Å². The van der Waals surface area contributed by atoms with E-state index >= 15 is 0 Å². The first kappa shape index (κ1) is 18.6. The quantitative estimate of drug-likeness (QED) is 0.349. The Kier molecular flexibility index (Phi) is 7.15. The third kappa shape index (κ3) is 4.76. The number of rotatable bonds is 8. The van der Waals surface area contributed by atoms with Crippen LogP contribution in [0.1, 0.15) is 12.0 Å². The van der Waals surface area contributed by atoms with E-state index in [-0.39, 0.29) is 0 Å². The van der Waals surface area contributed by atoms with Crippen LogP contribution in [0.25, 0.3) is 11.1 Å². The topological polar surface area (TPSA) is 27.7 Å². The maximum Gasteiger partial charge on any atom is 0.500 e. The normalized spacial score (nSPS) is 11.1. The number of hydrogen-bond donors (Lipinski definition) is 0. The second-order valence-corrected chi connectivity index (χ2v) is 8.23. The van der Waals surface area contributed by atoms with Gasteiger partial charge in [-0.15, -0.1) is 5.56 Å². The Morgan fingerprint density at radius 1 is 0.826 bits per heavy atom. The Balaban J connectivity index is 0.00000264. The molecule has 0 heterocycles. The summed E-state index contributed by atoms with van der Waals surface area (Å²) >= 11 is 0. The van der Waals surface area contributed by atoms with Crippen molar-refractivity contribution in [2.24, 2.45) is 0 Å². The zero-order valence-corrected chi connectivity index (χ0v) is 21.6. The van der Waals surface area contributed by atoms with Gasteiger partial charge in [0, 0.05) is 27.4 Å². The van der Waals surface area contributed by atoms with E-state index < -0.39 is 8.80 Å². The maximum absolute atomic E-state index is 5.44. The average Bonchev–Trinajstić information content (AvgIpc) is 2.60. The smallest absolute Gasteiger partial charge is 0.377 e. The molecule has 0 bridgehead atoms. The molecule has 0 aliphatic carbocycles. The van der Waals surface area contributed by atoms with Crippen LogP contribution in [0.2, 0.25) is 6.04 Å². The predicted octanol–water partition coefficient (Wildman–Crippen LogP) is 3.96. The summed E-state index contributed by atoms with van der Waals surface area (Å²) in [5, 5.41) is 0. The van der Waals surface area contributed by atoms with Gasteiger partial charge < -0.3 is 13.3 Å². The van der Waals surface area contributed by atoms with E-state index in [1.54, 1.807) is 21.3 Å². The molecule has 0 N–H and O–H groups in total. The largest absolute Gasteiger partial charge is 0.500 e. The second kappa shape index (κ2) is 8.85. The van der Waals surface area contributed by atoms with Gasteiger partial charge in [-0.1, -0.05) is 24.3 Å². The molecule has 0 aromatic heterocycles. The molecule has 0 atom stereocenters. The van der Waals surface area contributed by atoms with Crippen LogP contribution < -0.4 is 0 Å². The molecule has 3 nitrogen and oxygen atoms in total. The van der Waals surface area contributed by atoms with E-state index in [1.165, 1.54) is 16.7 Å². The van der Waals surface area contributed by atoms with Gasteiger partial charge in [0.25, 0.3) is 0 Å². The van der Waals surface area contributed by atoms with Crippen molar-refractivity contribution in [2.75, 3.05) is 21.3 Å². The van der Waals surface area contributed by atoms with E-state index in [2.05, 4.69) is 42.5 Å². The van der Waals surface area contributed by atoms with Crippen molar-refractivity contribution >= 4 is 8.80 Å². The van der Waals surface area contributed by atoms with Crippen LogP contribution in [0, 0.1) is 6.07 Å². The van der Waals surface area contributed by atoms with Gasteiger partial charge in [0.15, 0.2) is 0 Å². The average molecular weight is 582 g/mol. The van der Waals surface area contributed by atoms with Gasteiger partial charge in [-0.2, -0.15) is 30.3 Å². The number of aryl methyl sites for hydroxylation is 1. The van der Waals surface area contributed by atoms with Gasteiger partial charge in [0.1, 0.15) is 0 Å². The third-order valence-corrected chi connectivity index (χ3v) is 6.72. The monoisotopic (exact) mass is 582 g/mol. The summed E-state index contributed by atoms with van der Waals surface area (Å²) in [6.07, 6.45) is 1.98. The van der Waals surface area contributed by atoms with Gasteiger partial charge in [0.2, 0.25) is 0 Å². The SMILES string of the molecule is CO[Si](CCCc1ccc(-c2cc[c-]cc2)cc1)(OC)OC.[Rf]. The first-order valence-corrected chi connectivity index (χ1v) is 9.37. The molecule has 2 aromatic rings. The van der Waals surface area contributed by atoms with Crippen molar-refractivity contribution in [1.29, 1.82) is 0 Å². The van der Waals surface area contributed by atoms with Crippen LogP contribution in [0.5, 0.6) is 0 Å². The van der Waals surface area contributed by atoms with E-state index in [0.29, 0.717) is 0 Å². The van der Waals surface area contributed by atoms with Gasteiger partial charge in [0.05, 0.1) is 0 Å². The molecule has 0 amide bonds. The zero-order valence-electron chi connectivity index (χ0n) is 14.2. The summed E-state index contributed by atoms with van der Waals surface area (Å²) in [5.41, 5.74) is 3.76. The summed E-state index contributed by atoms with van der Waals surface area (Å²) in [6.45, 7) is 0. The molecule has 0 saturated heterocycles. The molecule has 0 saturated carbocycles. The van der Waals surface area contributed by atoms with E-state index in [9.17, 15) is 0 Å². The molecular formula is C18H23O3RfSi-. The predicted molar refractivity (Wildman–Crippen MR) is 90.6 cm³/mol. The molecule has 0 unspecified atom stereocenters. The van der Waals surface area contributed by atoms with Crippen molar-refractivity contribution in [2.45, 2.75) is 18.9 Å². The fourth-order valence-corrected chi connectivity index (χ4v) is 4.23. The fraction of sp³-hybridized carbons (Fsp3) is 0.333. The summed E-state index contributed by atoms with van der Waals surface area (Å²) in [7, 11) is 2.54. The minimum Gasteiger partial charge on any atom is -0.377 e. The van der Waals surface area contributed by atoms with Gasteiger partial charge in [-0.05, 0) is 24.0 Å². The first-order chi connectivity index (χ1) is 10.7. The van der Waals surface area contributed by atoms with Gasteiger partial charge >= 0.3 is 8.80 Å². The molecule has 0 spiro atoms. The molecule has 0 aliphatic rings. The molecular weight excluding hydrogens is 559 g/mol. The molecule has 2 aromatic carbocycles. The Bertz CT molecular complexity index is 548. The minimum atomic E-state index is -2.44. The maximum atomic E-state index is 5.44. The van der Waals surface area contributed by atoms with Gasteiger partial charge in [-0.3, -0.25) is 0 Å². The molecule has 5 heteroatoms.